The van der Waals surface area contributed by atoms with Crippen molar-refractivity contribution in [2.24, 2.45) is 0 Å². The van der Waals surface area contributed by atoms with Crippen molar-refractivity contribution < 1.29 is 19.1 Å². The van der Waals surface area contributed by atoms with Crippen molar-refractivity contribution in [3.05, 3.63) is 77.4 Å². The molecule has 4 heteroatoms. The van der Waals surface area contributed by atoms with Crippen LogP contribution in [-0.2, 0) is 24.7 Å². The Morgan fingerprint density at radius 1 is 1.00 bits per heavy atom. The molecule has 0 fully saturated rings. The molecule has 0 N–H and O–H groups in total. The highest BCUT2D eigenvalue weighted by Crippen LogP contribution is 2.42. The quantitative estimate of drug-likeness (QED) is 0.646. The zero-order chi connectivity index (χ0) is 16.4. The zero-order valence-corrected chi connectivity index (χ0v) is 12.9. The number of ketones is 1. The second-order valence-electron chi connectivity index (χ2n) is 5.39. The molecule has 116 valence electrons. The van der Waals surface area contributed by atoms with Gasteiger partial charge in [-0.05, 0) is 6.92 Å². The Hall–Kier alpha value is -2.88. The summed E-state index contributed by atoms with van der Waals surface area (Å²) in [5.74, 6) is -0.822. The predicted octanol–water partition coefficient (Wildman–Crippen LogP) is 3.09. The van der Waals surface area contributed by atoms with Gasteiger partial charge in [0.15, 0.2) is 5.60 Å². The summed E-state index contributed by atoms with van der Waals surface area (Å²) in [6, 6.07) is 18.2. The molecule has 1 atom stereocenters. The third-order valence-corrected chi connectivity index (χ3v) is 3.94. The first kappa shape index (κ1) is 15.0. The molecule has 2 aromatic carbocycles. The van der Waals surface area contributed by atoms with Gasteiger partial charge in [0.2, 0.25) is 5.78 Å². The summed E-state index contributed by atoms with van der Waals surface area (Å²) in [7, 11) is 1.25. The Labute approximate surface area is 134 Å². The Morgan fingerprint density at radius 3 is 2.13 bits per heavy atom. The van der Waals surface area contributed by atoms with E-state index in [-0.39, 0.29) is 11.3 Å². The standard InChI is InChI=1S/C19H16O4/c1-19(14-11-7-4-8-12-14)17(20)15(18(21)22-2)16(23-19)13-9-5-3-6-10-13/h3-12H,1-2H3/t19-/m0/s1. The van der Waals surface area contributed by atoms with Crippen LogP contribution in [0.25, 0.3) is 5.76 Å². The van der Waals surface area contributed by atoms with Crippen LogP contribution in [0.3, 0.4) is 0 Å². The second kappa shape index (κ2) is 5.72. The molecule has 3 rings (SSSR count). The Balaban J connectivity index is 2.14. The van der Waals surface area contributed by atoms with Crippen molar-refractivity contribution in [1.29, 1.82) is 0 Å². The Kier molecular flexibility index (Phi) is 3.74. The summed E-state index contributed by atoms with van der Waals surface area (Å²) in [4.78, 5) is 25.1. The van der Waals surface area contributed by atoms with Crippen LogP contribution in [-0.4, -0.2) is 18.9 Å². The fourth-order valence-electron chi connectivity index (χ4n) is 2.67. The monoisotopic (exact) mass is 308 g/mol. The van der Waals surface area contributed by atoms with Crippen molar-refractivity contribution in [3.8, 4) is 0 Å². The van der Waals surface area contributed by atoms with Crippen LogP contribution in [0, 0.1) is 0 Å². The largest absolute Gasteiger partial charge is 0.473 e. The molecule has 0 spiro atoms. The number of esters is 1. The van der Waals surface area contributed by atoms with Crippen molar-refractivity contribution in [2.45, 2.75) is 12.5 Å². The number of carbonyl (C=O) groups is 2. The number of methoxy groups -OCH3 is 1. The smallest absolute Gasteiger partial charge is 0.345 e. The van der Waals surface area contributed by atoms with E-state index in [4.69, 9.17) is 9.47 Å². The molecule has 2 aromatic rings. The van der Waals surface area contributed by atoms with Crippen LogP contribution in [0.4, 0.5) is 0 Å². The van der Waals surface area contributed by atoms with Gasteiger partial charge < -0.3 is 9.47 Å². The molecule has 23 heavy (non-hydrogen) atoms. The molecular weight excluding hydrogens is 292 g/mol. The van der Waals surface area contributed by atoms with Gasteiger partial charge in [0.1, 0.15) is 11.3 Å². The van der Waals surface area contributed by atoms with Gasteiger partial charge in [0.25, 0.3) is 0 Å². The first-order valence-electron chi connectivity index (χ1n) is 7.25. The third kappa shape index (κ3) is 2.42. The maximum Gasteiger partial charge on any atom is 0.345 e. The molecule has 0 amide bonds. The van der Waals surface area contributed by atoms with Crippen LogP contribution in [0.15, 0.2) is 66.2 Å². The highest BCUT2D eigenvalue weighted by atomic mass is 16.5. The molecule has 0 saturated heterocycles. The molecule has 0 radical (unpaired) electrons. The summed E-state index contributed by atoms with van der Waals surface area (Å²) < 4.78 is 10.8. The number of carbonyl (C=O) groups excluding carboxylic acids is 2. The lowest BCUT2D eigenvalue weighted by Gasteiger charge is -2.24. The second-order valence-corrected chi connectivity index (χ2v) is 5.39. The summed E-state index contributed by atoms with van der Waals surface area (Å²) in [6.07, 6.45) is 0. The Bertz CT molecular complexity index is 778. The van der Waals surface area contributed by atoms with Gasteiger partial charge in [-0.1, -0.05) is 60.7 Å². The first-order chi connectivity index (χ1) is 11.1. The first-order valence-corrected chi connectivity index (χ1v) is 7.25. The number of ether oxygens (including phenoxy) is 2. The number of rotatable bonds is 3. The van der Waals surface area contributed by atoms with Crippen LogP contribution >= 0.6 is 0 Å². The molecule has 1 aliphatic heterocycles. The molecule has 0 bridgehead atoms. The third-order valence-electron chi connectivity index (χ3n) is 3.94. The van der Waals surface area contributed by atoms with Crippen molar-refractivity contribution in [1.82, 2.24) is 0 Å². The van der Waals surface area contributed by atoms with Gasteiger partial charge >= 0.3 is 5.97 Å². The normalized spacial score (nSPS) is 20.3. The van der Waals surface area contributed by atoms with E-state index in [0.29, 0.717) is 11.1 Å². The van der Waals surface area contributed by atoms with E-state index in [9.17, 15) is 9.59 Å². The number of hydrogen-bond acceptors (Lipinski definition) is 4. The summed E-state index contributed by atoms with van der Waals surface area (Å²) in [6.45, 7) is 1.67. The fraction of sp³-hybridized carbons (Fsp3) is 0.158. The van der Waals surface area contributed by atoms with Gasteiger partial charge in [0, 0.05) is 11.1 Å². The van der Waals surface area contributed by atoms with Crippen LogP contribution in [0.1, 0.15) is 18.1 Å². The van der Waals surface area contributed by atoms with Crippen LogP contribution in [0.2, 0.25) is 0 Å². The van der Waals surface area contributed by atoms with E-state index in [1.807, 2.05) is 36.4 Å². The van der Waals surface area contributed by atoms with Gasteiger partial charge in [-0.3, -0.25) is 4.79 Å². The average molecular weight is 308 g/mol. The van der Waals surface area contributed by atoms with Crippen molar-refractivity contribution >= 4 is 17.5 Å². The zero-order valence-electron chi connectivity index (χ0n) is 12.9. The summed E-state index contributed by atoms with van der Waals surface area (Å²) >= 11 is 0. The van der Waals surface area contributed by atoms with Gasteiger partial charge in [-0.15, -0.1) is 0 Å². The van der Waals surface area contributed by atoms with E-state index in [2.05, 4.69) is 0 Å². The van der Waals surface area contributed by atoms with E-state index in [1.54, 1.807) is 31.2 Å². The van der Waals surface area contributed by atoms with Gasteiger partial charge in [-0.25, -0.2) is 4.79 Å². The number of hydrogen-bond donors (Lipinski definition) is 0. The summed E-state index contributed by atoms with van der Waals surface area (Å²) in [5, 5.41) is 0. The SMILES string of the molecule is COC(=O)C1=C(c2ccccc2)O[C@@](C)(c2ccccc2)C1=O. The molecule has 0 unspecified atom stereocenters. The molecule has 0 saturated carbocycles. The lowest BCUT2D eigenvalue weighted by atomic mass is 9.89. The lowest BCUT2D eigenvalue weighted by molar-refractivity contribution is -0.139. The van der Waals surface area contributed by atoms with Crippen molar-refractivity contribution in [3.63, 3.8) is 0 Å². The highest BCUT2D eigenvalue weighted by molar-refractivity contribution is 6.27. The minimum Gasteiger partial charge on any atom is -0.473 e. The number of Topliss-reactive ketones (excluding diaryl/α,β-unsaturated/α-hetero) is 1. The van der Waals surface area contributed by atoms with Crippen molar-refractivity contribution in [2.75, 3.05) is 7.11 Å². The van der Waals surface area contributed by atoms with E-state index in [0.717, 1.165) is 0 Å². The van der Waals surface area contributed by atoms with Gasteiger partial charge in [-0.2, -0.15) is 0 Å². The van der Waals surface area contributed by atoms with Crippen LogP contribution < -0.4 is 0 Å². The molecule has 4 nitrogen and oxygen atoms in total. The minimum absolute atomic E-state index is 0.0509. The van der Waals surface area contributed by atoms with Gasteiger partial charge in [0.05, 0.1) is 7.11 Å². The molecule has 0 aliphatic carbocycles. The highest BCUT2D eigenvalue weighted by Gasteiger charge is 2.50. The van der Waals surface area contributed by atoms with E-state index >= 15 is 0 Å². The topological polar surface area (TPSA) is 52.6 Å². The maximum atomic E-state index is 12.9. The average Bonchev–Trinajstić information content (AvgIpc) is 2.88. The van der Waals surface area contributed by atoms with Crippen LogP contribution in [0.5, 0.6) is 0 Å². The van der Waals surface area contributed by atoms with E-state index in [1.165, 1.54) is 7.11 Å². The Morgan fingerprint density at radius 2 is 1.57 bits per heavy atom. The predicted molar refractivity (Wildman–Crippen MR) is 85.3 cm³/mol. The minimum atomic E-state index is -1.24. The molecule has 1 heterocycles. The molecule has 1 aliphatic rings. The summed E-state index contributed by atoms with van der Waals surface area (Å²) in [5.41, 5.74) is 0.0685. The fourth-order valence-corrected chi connectivity index (χ4v) is 2.67. The molecule has 0 aromatic heterocycles. The lowest BCUT2D eigenvalue weighted by Crippen LogP contribution is -2.32. The molecular formula is C19H16O4. The maximum absolute atomic E-state index is 12.9. The number of benzene rings is 2. The van der Waals surface area contributed by atoms with E-state index < -0.39 is 17.4 Å².